The summed E-state index contributed by atoms with van der Waals surface area (Å²) in [4.78, 5) is 2.30. The zero-order valence-electron chi connectivity index (χ0n) is 9.53. The second-order valence-electron chi connectivity index (χ2n) is 4.93. The van der Waals surface area contributed by atoms with Gasteiger partial charge in [-0.3, -0.25) is 5.32 Å². The highest BCUT2D eigenvalue weighted by molar-refractivity contribution is 5.65. The van der Waals surface area contributed by atoms with E-state index in [9.17, 15) is 5.11 Å². The molecule has 0 bridgehead atoms. The van der Waals surface area contributed by atoms with Crippen LogP contribution >= 0.6 is 0 Å². The normalized spacial score (nSPS) is 25.9. The van der Waals surface area contributed by atoms with Crippen molar-refractivity contribution in [2.45, 2.75) is 25.6 Å². The first-order valence-corrected chi connectivity index (χ1v) is 5.58. The van der Waals surface area contributed by atoms with E-state index in [1.54, 1.807) is 12.1 Å². The Hall–Kier alpha value is -1.42. The van der Waals surface area contributed by atoms with Crippen LogP contribution in [-0.4, -0.2) is 30.0 Å². The number of anilines is 1. The van der Waals surface area contributed by atoms with Gasteiger partial charge in [0.2, 0.25) is 0 Å². The van der Waals surface area contributed by atoms with Gasteiger partial charge in [0.05, 0.1) is 17.4 Å². The number of nitrogens with one attached hydrogen (secondary N) is 1. The van der Waals surface area contributed by atoms with Crippen molar-refractivity contribution < 1.29 is 9.84 Å². The minimum atomic E-state index is -0.0863. The Labute approximate surface area is 94.8 Å². The average Bonchev–Trinajstić information content (AvgIpc) is 2.55. The number of ether oxygens (including phenoxy) is 1. The Balaban J connectivity index is 2.12. The number of rotatable bonds is 0. The molecule has 2 aliphatic heterocycles. The fourth-order valence-electron chi connectivity index (χ4n) is 2.63. The highest BCUT2D eigenvalue weighted by Gasteiger charge is 2.42. The lowest BCUT2D eigenvalue weighted by Gasteiger charge is -2.40. The molecule has 2 N–H and O–H groups in total. The molecule has 1 aromatic carbocycles. The number of hydrogen-bond donors (Lipinski definition) is 2. The third kappa shape index (κ3) is 1.26. The molecule has 4 heteroatoms. The maximum absolute atomic E-state index is 9.58. The van der Waals surface area contributed by atoms with Crippen molar-refractivity contribution in [1.82, 2.24) is 5.32 Å². The smallest absolute Gasteiger partial charge is 0.143 e. The monoisotopic (exact) mass is 220 g/mol. The molecule has 3 rings (SSSR count). The maximum atomic E-state index is 9.58. The van der Waals surface area contributed by atoms with E-state index in [0.29, 0.717) is 12.6 Å². The van der Waals surface area contributed by atoms with Gasteiger partial charge in [-0.05, 0) is 26.0 Å². The molecule has 0 amide bonds. The maximum Gasteiger partial charge on any atom is 0.143 e. The van der Waals surface area contributed by atoms with Gasteiger partial charge in [-0.1, -0.05) is 0 Å². The highest BCUT2D eigenvalue weighted by Crippen LogP contribution is 2.41. The van der Waals surface area contributed by atoms with E-state index in [0.717, 1.165) is 18.0 Å². The molecule has 0 aliphatic carbocycles. The second kappa shape index (κ2) is 3.04. The van der Waals surface area contributed by atoms with E-state index in [1.807, 2.05) is 6.07 Å². The van der Waals surface area contributed by atoms with Crippen molar-refractivity contribution >= 4 is 5.69 Å². The summed E-state index contributed by atoms with van der Waals surface area (Å²) in [6.07, 6.45) is 0. The summed E-state index contributed by atoms with van der Waals surface area (Å²) < 4.78 is 5.69. The molecule has 16 heavy (non-hydrogen) atoms. The molecule has 0 radical (unpaired) electrons. The van der Waals surface area contributed by atoms with Gasteiger partial charge >= 0.3 is 0 Å². The number of nitrogens with zero attached hydrogens (tertiary/aromatic N) is 1. The summed E-state index contributed by atoms with van der Waals surface area (Å²) in [6.45, 7) is 5.91. The van der Waals surface area contributed by atoms with Crippen LogP contribution in [0.25, 0.3) is 0 Å². The second-order valence-corrected chi connectivity index (χ2v) is 4.93. The van der Waals surface area contributed by atoms with Crippen LogP contribution in [0.1, 0.15) is 13.8 Å². The summed E-state index contributed by atoms with van der Waals surface area (Å²) in [5.74, 6) is 1.14. The highest BCUT2D eigenvalue weighted by atomic mass is 16.5. The van der Waals surface area contributed by atoms with Crippen molar-refractivity contribution in [3.05, 3.63) is 18.2 Å². The van der Waals surface area contributed by atoms with Crippen molar-refractivity contribution in [3.8, 4) is 11.5 Å². The third-order valence-electron chi connectivity index (χ3n) is 3.37. The van der Waals surface area contributed by atoms with Crippen LogP contribution in [-0.2, 0) is 0 Å². The lowest BCUT2D eigenvalue weighted by Crippen LogP contribution is -2.51. The van der Waals surface area contributed by atoms with E-state index >= 15 is 0 Å². The molecular formula is C12H16N2O2. The summed E-state index contributed by atoms with van der Waals surface area (Å²) >= 11 is 0. The fraction of sp³-hybridized carbons (Fsp3) is 0.500. The van der Waals surface area contributed by atoms with Crippen molar-refractivity contribution in [3.63, 3.8) is 0 Å². The molecule has 1 unspecified atom stereocenters. The van der Waals surface area contributed by atoms with Crippen LogP contribution in [0.5, 0.6) is 11.5 Å². The quantitative estimate of drug-likeness (QED) is 0.691. The minimum Gasteiger partial charge on any atom is -0.508 e. The molecule has 86 valence electrons. The summed E-state index contributed by atoms with van der Waals surface area (Å²) in [5, 5.41) is 13.0. The summed E-state index contributed by atoms with van der Waals surface area (Å²) in [5.41, 5.74) is 0.892. The standard InChI is InChI=1S/C12H16N2O2/c1-12(2)13-6-8-7-16-11-4-3-9(15)5-10(11)14(8)12/h3-5,8,13,15H,6-7H2,1-2H3. The van der Waals surface area contributed by atoms with Crippen LogP contribution in [0.3, 0.4) is 0 Å². The Morgan fingerprint density at radius 1 is 1.50 bits per heavy atom. The molecule has 0 aromatic heterocycles. The Morgan fingerprint density at radius 3 is 3.12 bits per heavy atom. The van der Waals surface area contributed by atoms with Gasteiger partial charge in [-0.2, -0.15) is 0 Å². The summed E-state index contributed by atoms with van der Waals surface area (Å²) in [7, 11) is 0. The van der Waals surface area contributed by atoms with Gasteiger partial charge in [0.25, 0.3) is 0 Å². The minimum absolute atomic E-state index is 0.0863. The number of fused-ring (bicyclic) bond motifs is 3. The molecule has 2 aliphatic rings. The van der Waals surface area contributed by atoms with E-state index in [1.165, 1.54) is 0 Å². The zero-order chi connectivity index (χ0) is 11.3. The van der Waals surface area contributed by atoms with Gasteiger partial charge in [-0.15, -0.1) is 0 Å². The largest absolute Gasteiger partial charge is 0.508 e. The molecule has 1 aromatic rings. The predicted molar refractivity (Wildman–Crippen MR) is 62.0 cm³/mol. The zero-order valence-corrected chi connectivity index (χ0v) is 9.53. The van der Waals surface area contributed by atoms with Crippen LogP contribution in [0.4, 0.5) is 5.69 Å². The predicted octanol–water partition coefficient (Wildman–Crippen LogP) is 1.30. The molecule has 2 heterocycles. The number of benzene rings is 1. The lowest BCUT2D eigenvalue weighted by atomic mass is 10.1. The Bertz CT molecular complexity index is 431. The third-order valence-corrected chi connectivity index (χ3v) is 3.37. The average molecular weight is 220 g/mol. The number of hydrogen-bond acceptors (Lipinski definition) is 4. The van der Waals surface area contributed by atoms with Crippen molar-refractivity contribution in [2.75, 3.05) is 18.1 Å². The van der Waals surface area contributed by atoms with Gasteiger partial charge in [0, 0.05) is 12.6 Å². The van der Waals surface area contributed by atoms with Gasteiger partial charge < -0.3 is 14.7 Å². The van der Waals surface area contributed by atoms with E-state index in [4.69, 9.17) is 4.74 Å². The SMILES string of the molecule is CC1(C)NCC2COc3ccc(O)cc3N21. The first-order chi connectivity index (χ1) is 7.58. The first-order valence-electron chi connectivity index (χ1n) is 5.58. The van der Waals surface area contributed by atoms with E-state index in [2.05, 4.69) is 24.1 Å². The van der Waals surface area contributed by atoms with Crippen LogP contribution in [0.15, 0.2) is 18.2 Å². The number of phenolic OH excluding ortho intramolecular Hbond substituents is 1. The van der Waals surface area contributed by atoms with Crippen LogP contribution in [0.2, 0.25) is 0 Å². The van der Waals surface area contributed by atoms with Crippen LogP contribution < -0.4 is 15.0 Å². The van der Waals surface area contributed by atoms with E-state index in [-0.39, 0.29) is 11.4 Å². The van der Waals surface area contributed by atoms with Gasteiger partial charge in [-0.25, -0.2) is 0 Å². The topological polar surface area (TPSA) is 44.7 Å². The molecule has 0 saturated carbocycles. The molecule has 4 nitrogen and oxygen atoms in total. The molecule has 0 spiro atoms. The summed E-state index contributed by atoms with van der Waals surface area (Å²) in [6, 6.07) is 5.62. The van der Waals surface area contributed by atoms with Crippen molar-refractivity contribution in [2.24, 2.45) is 0 Å². The van der Waals surface area contributed by atoms with Crippen LogP contribution in [0, 0.1) is 0 Å². The Kier molecular flexibility index (Phi) is 1.86. The lowest BCUT2D eigenvalue weighted by molar-refractivity contribution is 0.267. The van der Waals surface area contributed by atoms with E-state index < -0.39 is 0 Å². The molecule has 1 fully saturated rings. The van der Waals surface area contributed by atoms with Gasteiger partial charge in [0.15, 0.2) is 0 Å². The molecule has 1 atom stereocenters. The fourth-order valence-corrected chi connectivity index (χ4v) is 2.63. The number of aromatic hydroxyl groups is 1. The number of phenols is 1. The van der Waals surface area contributed by atoms with Gasteiger partial charge in [0.1, 0.15) is 18.1 Å². The Morgan fingerprint density at radius 2 is 2.31 bits per heavy atom. The molecular weight excluding hydrogens is 204 g/mol. The first kappa shape index (κ1) is 9.78. The van der Waals surface area contributed by atoms with Crippen molar-refractivity contribution in [1.29, 1.82) is 0 Å². The molecule has 1 saturated heterocycles.